The van der Waals surface area contributed by atoms with E-state index in [1.54, 1.807) is 18.2 Å². The third-order valence-corrected chi connectivity index (χ3v) is 4.25. The minimum atomic E-state index is -1.35. The summed E-state index contributed by atoms with van der Waals surface area (Å²) in [5.74, 6) is 0.101. The molecule has 3 rings (SSSR count). The van der Waals surface area contributed by atoms with Gasteiger partial charge in [-0.15, -0.1) is 0 Å². The maximum Gasteiger partial charge on any atom is 0.141 e. The Kier molecular flexibility index (Phi) is 3.01. The van der Waals surface area contributed by atoms with Gasteiger partial charge in [0.15, 0.2) is 0 Å². The molecule has 19 heavy (non-hydrogen) atoms. The van der Waals surface area contributed by atoms with Crippen molar-refractivity contribution in [3.63, 3.8) is 0 Å². The van der Waals surface area contributed by atoms with E-state index < -0.39 is 10.8 Å². The Bertz CT molecular complexity index is 756. The van der Waals surface area contributed by atoms with Gasteiger partial charge in [0, 0.05) is 15.7 Å². The first-order valence-electron chi connectivity index (χ1n) is 5.81. The number of aromatic hydroxyl groups is 1. The Labute approximate surface area is 113 Å². The highest BCUT2D eigenvalue weighted by Crippen LogP contribution is 2.29. The molecule has 1 atom stereocenters. The van der Waals surface area contributed by atoms with Crippen LogP contribution in [0.4, 0.5) is 0 Å². The Hall–Kier alpha value is -2.20. The molecule has 1 aromatic heterocycles. The van der Waals surface area contributed by atoms with E-state index in [-0.39, 0.29) is 5.75 Å². The minimum Gasteiger partial charge on any atom is -0.506 e. The summed E-state index contributed by atoms with van der Waals surface area (Å²) in [5.41, 5.74) is 0. The van der Waals surface area contributed by atoms with Crippen molar-refractivity contribution in [2.24, 2.45) is 0 Å². The first-order chi connectivity index (χ1) is 9.27. The van der Waals surface area contributed by atoms with Crippen LogP contribution in [0.5, 0.6) is 5.75 Å². The van der Waals surface area contributed by atoms with Crippen molar-refractivity contribution in [1.29, 1.82) is 0 Å². The van der Waals surface area contributed by atoms with Crippen LogP contribution in [-0.2, 0) is 10.8 Å². The molecule has 2 aromatic carbocycles. The lowest BCUT2D eigenvalue weighted by Gasteiger charge is -2.07. The standard InChI is InChI=1S/C15H11NO2S/c17-14-10-16-15(13-9-5-4-8-12(13)14)19(18)11-6-2-1-3-7-11/h1-10,17H. The number of benzene rings is 2. The Balaban J connectivity index is 2.22. The van der Waals surface area contributed by atoms with Crippen molar-refractivity contribution in [1.82, 2.24) is 4.98 Å². The second-order valence-electron chi connectivity index (χ2n) is 4.08. The van der Waals surface area contributed by atoms with E-state index in [4.69, 9.17) is 0 Å². The molecule has 0 aliphatic heterocycles. The fourth-order valence-corrected chi connectivity index (χ4v) is 3.11. The molecule has 4 heteroatoms. The van der Waals surface area contributed by atoms with Crippen LogP contribution in [0, 0.1) is 0 Å². The lowest BCUT2D eigenvalue weighted by molar-refractivity contribution is 0.478. The Morgan fingerprint density at radius 3 is 2.26 bits per heavy atom. The molecule has 1 heterocycles. The molecular weight excluding hydrogens is 258 g/mol. The van der Waals surface area contributed by atoms with Gasteiger partial charge >= 0.3 is 0 Å². The number of aromatic nitrogens is 1. The molecule has 3 nitrogen and oxygen atoms in total. The van der Waals surface area contributed by atoms with Crippen LogP contribution in [0.3, 0.4) is 0 Å². The monoisotopic (exact) mass is 269 g/mol. The molecule has 0 aliphatic rings. The lowest BCUT2D eigenvalue weighted by Crippen LogP contribution is -1.97. The second kappa shape index (κ2) is 4.82. The van der Waals surface area contributed by atoms with Crippen molar-refractivity contribution in [3.05, 3.63) is 60.8 Å². The maximum atomic E-state index is 12.5. The van der Waals surface area contributed by atoms with Crippen molar-refractivity contribution in [2.75, 3.05) is 0 Å². The van der Waals surface area contributed by atoms with E-state index in [0.29, 0.717) is 20.7 Å². The molecule has 0 radical (unpaired) electrons. The van der Waals surface area contributed by atoms with Gasteiger partial charge in [-0.2, -0.15) is 0 Å². The van der Waals surface area contributed by atoms with Crippen LogP contribution < -0.4 is 0 Å². The van der Waals surface area contributed by atoms with Crippen molar-refractivity contribution in [3.8, 4) is 5.75 Å². The summed E-state index contributed by atoms with van der Waals surface area (Å²) in [4.78, 5) is 4.83. The van der Waals surface area contributed by atoms with Crippen LogP contribution in [0.2, 0.25) is 0 Å². The quantitative estimate of drug-likeness (QED) is 0.777. The van der Waals surface area contributed by atoms with Crippen LogP contribution in [0.25, 0.3) is 10.8 Å². The molecule has 0 spiro atoms. The maximum absolute atomic E-state index is 12.5. The van der Waals surface area contributed by atoms with Gasteiger partial charge in [-0.05, 0) is 12.1 Å². The summed E-state index contributed by atoms with van der Waals surface area (Å²) in [7, 11) is -1.35. The zero-order valence-corrected chi connectivity index (χ0v) is 10.8. The summed E-state index contributed by atoms with van der Waals surface area (Å²) in [6, 6.07) is 16.5. The number of rotatable bonds is 2. The van der Waals surface area contributed by atoms with Gasteiger partial charge in [-0.3, -0.25) is 0 Å². The summed E-state index contributed by atoms with van der Waals surface area (Å²) in [5, 5.41) is 11.6. The highest BCUT2D eigenvalue weighted by molar-refractivity contribution is 7.85. The number of hydrogen-bond acceptors (Lipinski definition) is 3. The molecule has 94 valence electrons. The van der Waals surface area contributed by atoms with E-state index in [1.807, 2.05) is 36.4 Å². The van der Waals surface area contributed by atoms with Crippen molar-refractivity contribution < 1.29 is 9.32 Å². The van der Waals surface area contributed by atoms with Gasteiger partial charge in [-0.25, -0.2) is 9.19 Å². The molecule has 0 fully saturated rings. The normalized spacial score (nSPS) is 12.4. The van der Waals surface area contributed by atoms with E-state index in [9.17, 15) is 9.32 Å². The summed E-state index contributed by atoms with van der Waals surface area (Å²) >= 11 is 0. The highest BCUT2D eigenvalue weighted by atomic mass is 32.2. The average molecular weight is 269 g/mol. The zero-order valence-electron chi connectivity index (χ0n) is 9.98. The van der Waals surface area contributed by atoms with Gasteiger partial charge in [0.25, 0.3) is 0 Å². The SMILES string of the molecule is O=S(c1ccccc1)c1ncc(O)c2ccccc12. The molecule has 0 amide bonds. The van der Waals surface area contributed by atoms with Gasteiger partial charge in [-0.1, -0.05) is 42.5 Å². The molecule has 1 unspecified atom stereocenters. The average Bonchev–Trinajstić information content (AvgIpc) is 2.48. The van der Waals surface area contributed by atoms with Gasteiger partial charge < -0.3 is 5.11 Å². The van der Waals surface area contributed by atoms with Gasteiger partial charge in [0.1, 0.15) is 21.6 Å². The van der Waals surface area contributed by atoms with E-state index in [0.717, 1.165) is 0 Å². The topological polar surface area (TPSA) is 50.2 Å². The Morgan fingerprint density at radius 2 is 1.53 bits per heavy atom. The number of hydrogen-bond donors (Lipinski definition) is 1. The predicted octanol–water partition coefficient (Wildman–Crippen LogP) is 3.11. The van der Waals surface area contributed by atoms with Crippen LogP contribution >= 0.6 is 0 Å². The first kappa shape index (κ1) is 11.9. The van der Waals surface area contributed by atoms with E-state index >= 15 is 0 Å². The predicted molar refractivity (Wildman–Crippen MR) is 74.5 cm³/mol. The van der Waals surface area contributed by atoms with Gasteiger partial charge in [0.05, 0.1) is 6.20 Å². The number of pyridine rings is 1. The number of nitrogens with zero attached hydrogens (tertiary/aromatic N) is 1. The zero-order chi connectivity index (χ0) is 13.2. The van der Waals surface area contributed by atoms with Crippen LogP contribution in [0.15, 0.2) is 70.7 Å². The highest BCUT2D eigenvalue weighted by Gasteiger charge is 2.13. The molecule has 0 bridgehead atoms. The fourth-order valence-electron chi connectivity index (χ4n) is 1.96. The largest absolute Gasteiger partial charge is 0.506 e. The Morgan fingerprint density at radius 1 is 0.895 bits per heavy atom. The third-order valence-electron chi connectivity index (χ3n) is 2.87. The van der Waals surface area contributed by atoms with E-state index in [2.05, 4.69) is 4.98 Å². The lowest BCUT2D eigenvalue weighted by atomic mass is 10.2. The van der Waals surface area contributed by atoms with Crippen molar-refractivity contribution in [2.45, 2.75) is 9.92 Å². The molecule has 0 saturated carbocycles. The molecule has 1 N–H and O–H groups in total. The van der Waals surface area contributed by atoms with Crippen LogP contribution in [-0.4, -0.2) is 14.3 Å². The molecule has 0 saturated heterocycles. The summed E-state index contributed by atoms with van der Waals surface area (Å²) in [6.45, 7) is 0. The summed E-state index contributed by atoms with van der Waals surface area (Å²) in [6.07, 6.45) is 1.35. The smallest absolute Gasteiger partial charge is 0.141 e. The molecule has 3 aromatic rings. The second-order valence-corrected chi connectivity index (χ2v) is 5.47. The first-order valence-corrected chi connectivity index (χ1v) is 6.96. The van der Waals surface area contributed by atoms with E-state index in [1.165, 1.54) is 6.20 Å². The van der Waals surface area contributed by atoms with Gasteiger partial charge in [0.2, 0.25) is 0 Å². The minimum absolute atomic E-state index is 0.101. The molecular formula is C15H11NO2S. The summed E-state index contributed by atoms with van der Waals surface area (Å²) < 4.78 is 12.5. The fraction of sp³-hybridized carbons (Fsp3) is 0. The molecule has 0 aliphatic carbocycles. The van der Waals surface area contributed by atoms with Crippen molar-refractivity contribution >= 4 is 21.6 Å². The third kappa shape index (κ3) is 2.11. The van der Waals surface area contributed by atoms with Crippen LogP contribution in [0.1, 0.15) is 0 Å². The number of fused-ring (bicyclic) bond motifs is 1.